The molecular weight excluding hydrogens is 270 g/mol. The highest BCUT2D eigenvalue weighted by atomic mass is 16.5. The number of amides is 1. The van der Waals surface area contributed by atoms with Gasteiger partial charge >= 0.3 is 0 Å². The van der Waals surface area contributed by atoms with Crippen LogP contribution < -0.4 is 10.2 Å². The predicted octanol–water partition coefficient (Wildman–Crippen LogP) is 0.827. The summed E-state index contributed by atoms with van der Waals surface area (Å²) in [5, 5.41) is 2.90. The second-order valence-corrected chi connectivity index (χ2v) is 5.35. The maximum atomic E-state index is 12.0. The van der Waals surface area contributed by atoms with E-state index in [-0.39, 0.29) is 12.0 Å². The van der Waals surface area contributed by atoms with E-state index in [0.717, 1.165) is 51.6 Å². The van der Waals surface area contributed by atoms with Crippen LogP contribution in [-0.2, 0) is 9.47 Å². The highest BCUT2D eigenvalue weighted by Gasteiger charge is 2.17. The number of nitrogens with one attached hydrogen (secondary N) is 1. The molecule has 2 aliphatic rings. The first-order chi connectivity index (χ1) is 10.3. The number of hydrogen-bond donors (Lipinski definition) is 1. The van der Waals surface area contributed by atoms with E-state index in [2.05, 4.69) is 15.2 Å². The van der Waals surface area contributed by atoms with Crippen LogP contribution >= 0.6 is 0 Å². The van der Waals surface area contributed by atoms with E-state index in [1.165, 1.54) is 0 Å². The molecule has 0 radical (unpaired) electrons. The van der Waals surface area contributed by atoms with Gasteiger partial charge in [-0.1, -0.05) is 0 Å². The molecule has 0 aromatic carbocycles. The summed E-state index contributed by atoms with van der Waals surface area (Å²) in [6.45, 7) is 4.52. The molecular formula is C15H21N3O3. The number of carbonyl (C=O) groups excluding carboxylic acids is 1. The average molecular weight is 291 g/mol. The lowest BCUT2D eigenvalue weighted by molar-refractivity contribution is 0.0857. The summed E-state index contributed by atoms with van der Waals surface area (Å²) in [5.41, 5.74) is 0.588. The molecule has 6 heteroatoms. The van der Waals surface area contributed by atoms with E-state index in [1.807, 2.05) is 12.1 Å². The van der Waals surface area contributed by atoms with Crippen molar-refractivity contribution >= 4 is 11.7 Å². The third kappa shape index (κ3) is 3.71. The maximum Gasteiger partial charge on any atom is 0.252 e. The van der Waals surface area contributed by atoms with Crippen molar-refractivity contribution in [3.05, 3.63) is 23.9 Å². The van der Waals surface area contributed by atoms with Gasteiger partial charge in [0, 0.05) is 32.4 Å². The van der Waals surface area contributed by atoms with Crippen molar-refractivity contribution < 1.29 is 14.3 Å². The van der Waals surface area contributed by atoms with Gasteiger partial charge in [-0.2, -0.15) is 0 Å². The van der Waals surface area contributed by atoms with Crippen LogP contribution in [0.4, 0.5) is 5.82 Å². The number of ether oxygens (including phenoxy) is 2. The molecule has 2 fully saturated rings. The Kier molecular flexibility index (Phi) is 4.67. The summed E-state index contributed by atoms with van der Waals surface area (Å²) in [7, 11) is 0. The molecule has 1 aromatic heterocycles. The van der Waals surface area contributed by atoms with Crippen LogP contribution in [0.15, 0.2) is 18.3 Å². The van der Waals surface area contributed by atoms with Crippen molar-refractivity contribution in [2.24, 2.45) is 0 Å². The topological polar surface area (TPSA) is 63.7 Å². The van der Waals surface area contributed by atoms with Crippen molar-refractivity contribution in [3.63, 3.8) is 0 Å². The fourth-order valence-corrected chi connectivity index (χ4v) is 2.61. The fourth-order valence-electron chi connectivity index (χ4n) is 2.61. The molecule has 21 heavy (non-hydrogen) atoms. The third-order valence-electron chi connectivity index (χ3n) is 3.86. The van der Waals surface area contributed by atoms with Crippen molar-refractivity contribution in [1.29, 1.82) is 0 Å². The van der Waals surface area contributed by atoms with Crippen molar-refractivity contribution in [1.82, 2.24) is 10.3 Å². The molecule has 1 atom stereocenters. The van der Waals surface area contributed by atoms with Crippen LogP contribution in [0.5, 0.6) is 0 Å². The van der Waals surface area contributed by atoms with E-state index in [4.69, 9.17) is 9.47 Å². The quantitative estimate of drug-likeness (QED) is 0.890. The molecule has 0 aliphatic carbocycles. The zero-order valence-electron chi connectivity index (χ0n) is 12.1. The molecule has 3 rings (SSSR count). The molecule has 1 amide bonds. The molecule has 2 aliphatic heterocycles. The van der Waals surface area contributed by atoms with Gasteiger partial charge in [0.15, 0.2) is 0 Å². The molecule has 0 unspecified atom stereocenters. The minimum Gasteiger partial charge on any atom is -0.378 e. The SMILES string of the molecule is O=C(NC[C@@H]1CCCO1)c1ccc(N2CCOCC2)nc1. The predicted molar refractivity (Wildman–Crippen MR) is 78.6 cm³/mol. The lowest BCUT2D eigenvalue weighted by atomic mass is 10.2. The van der Waals surface area contributed by atoms with Gasteiger partial charge in [-0.15, -0.1) is 0 Å². The summed E-state index contributed by atoms with van der Waals surface area (Å²) in [6.07, 6.45) is 3.90. The normalized spacial score (nSPS) is 22.3. The standard InChI is InChI=1S/C15H21N3O3/c19-15(17-11-13-2-1-7-21-13)12-3-4-14(16-10-12)18-5-8-20-9-6-18/h3-4,10,13H,1-2,5-9,11H2,(H,17,19)/t13-/m0/s1. The van der Waals surface area contributed by atoms with Crippen LogP contribution in [0.3, 0.4) is 0 Å². The van der Waals surface area contributed by atoms with Crippen LogP contribution in [0.25, 0.3) is 0 Å². The van der Waals surface area contributed by atoms with Crippen LogP contribution in [0, 0.1) is 0 Å². The first-order valence-electron chi connectivity index (χ1n) is 7.51. The van der Waals surface area contributed by atoms with Crippen LogP contribution in [0.2, 0.25) is 0 Å². The Hall–Kier alpha value is -1.66. The number of carbonyl (C=O) groups is 1. The van der Waals surface area contributed by atoms with E-state index >= 15 is 0 Å². The molecule has 0 bridgehead atoms. The Labute approximate surface area is 124 Å². The van der Waals surface area contributed by atoms with Gasteiger partial charge in [0.25, 0.3) is 5.91 Å². The van der Waals surface area contributed by atoms with Crippen molar-refractivity contribution in [2.75, 3.05) is 44.4 Å². The van der Waals surface area contributed by atoms with Crippen molar-refractivity contribution in [2.45, 2.75) is 18.9 Å². The van der Waals surface area contributed by atoms with Crippen LogP contribution in [-0.4, -0.2) is 56.5 Å². The summed E-state index contributed by atoms with van der Waals surface area (Å²) in [4.78, 5) is 18.6. The first kappa shape index (κ1) is 14.3. The minimum atomic E-state index is -0.0912. The number of nitrogens with zero attached hydrogens (tertiary/aromatic N) is 2. The number of anilines is 1. The molecule has 6 nitrogen and oxygen atoms in total. The lowest BCUT2D eigenvalue weighted by Gasteiger charge is -2.27. The summed E-state index contributed by atoms with van der Waals surface area (Å²) in [5.74, 6) is 0.806. The average Bonchev–Trinajstić information content (AvgIpc) is 3.07. The van der Waals surface area contributed by atoms with E-state index in [1.54, 1.807) is 6.20 Å². The molecule has 0 spiro atoms. The van der Waals surface area contributed by atoms with Gasteiger partial charge in [0.1, 0.15) is 5.82 Å². The Morgan fingerprint density at radius 2 is 2.19 bits per heavy atom. The van der Waals surface area contributed by atoms with Crippen molar-refractivity contribution in [3.8, 4) is 0 Å². The monoisotopic (exact) mass is 291 g/mol. The fraction of sp³-hybridized carbons (Fsp3) is 0.600. The van der Waals surface area contributed by atoms with Gasteiger partial charge < -0.3 is 19.7 Å². The molecule has 3 heterocycles. The second kappa shape index (κ2) is 6.87. The number of morpholine rings is 1. The second-order valence-electron chi connectivity index (χ2n) is 5.35. The first-order valence-corrected chi connectivity index (χ1v) is 7.51. The molecule has 1 N–H and O–H groups in total. The van der Waals surface area contributed by atoms with Gasteiger partial charge in [-0.3, -0.25) is 4.79 Å². The molecule has 0 saturated carbocycles. The Morgan fingerprint density at radius 3 is 2.86 bits per heavy atom. The lowest BCUT2D eigenvalue weighted by Crippen LogP contribution is -2.36. The van der Waals surface area contributed by atoms with E-state index < -0.39 is 0 Å². The van der Waals surface area contributed by atoms with Gasteiger partial charge in [0.05, 0.1) is 24.9 Å². The minimum absolute atomic E-state index is 0.0912. The van der Waals surface area contributed by atoms with E-state index in [0.29, 0.717) is 12.1 Å². The van der Waals surface area contributed by atoms with Gasteiger partial charge in [-0.05, 0) is 25.0 Å². The Balaban J connectivity index is 1.54. The Morgan fingerprint density at radius 1 is 1.33 bits per heavy atom. The third-order valence-corrected chi connectivity index (χ3v) is 3.86. The largest absolute Gasteiger partial charge is 0.378 e. The summed E-state index contributed by atoms with van der Waals surface area (Å²) in [6, 6.07) is 3.72. The van der Waals surface area contributed by atoms with Crippen LogP contribution in [0.1, 0.15) is 23.2 Å². The number of aromatic nitrogens is 1. The number of hydrogen-bond acceptors (Lipinski definition) is 5. The highest BCUT2D eigenvalue weighted by molar-refractivity contribution is 5.94. The number of pyridine rings is 1. The zero-order chi connectivity index (χ0) is 14.5. The number of rotatable bonds is 4. The molecule has 114 valence electrons. The highest BCUT2D eigenvalue weighted by Crippen LogP contribution is 2.14. The summed E-state index contributed by atoms with van der Waals surface area (Å²) < 4.78 is 10.8. The Bertz CT molecular complexity index is 466. The van der Waals surface area contributed by atoms with Gasteiger partial charge in [-0.25, -0.2) is 4.98 Å². The molecule has 1 aromatic rings. The van der Waals surface area contributed by atoms with Gasteiger partial charge in [0.2, 0.25) is 0 Å². The smallest absolute Gasteiger partial charge is 0.252 e. The zero-order valence-corrected chi connectivity index (χ0v) is 12.1. The summed E-state index contributed by atoms with van der Waals surface area (Å²) >= 11 is 0. The molecule has 2 saturated heterocycles. The maximum absolute atomic E-state index is 12.0. The van der Waals surface area contributed by atoms with E-state index in [9.17, 15) is 4.79 Å².